The minimum atomic E-state index is 0.0614. The second-order valence-electron chi connectivity index (χ2n) is 4.75. The lowest BCUT2D eigenvalue weighted by Gasteiger charge is -2.30. The number of amides is 1. The second kappa shape index (κ2) is 5.25. The van der Waals surface area contributed by atoms with Crippen molar-refractivity contribution in [3.05, 3.63) is 54.1 Å². The van der Waals surface area contributed by atoms with Gasteiger partial charge in [0, 0.05) is 0 Å². The molecule has 0 aromatic heterocycles. The van der Waals surface area contributed by atoms with E-state index in [4.69, 9.17) is 10.5 Å². The maximum absolute atomic E-state index is 12.5. The van der Waals surface area contributed by atoms with Crippen LogP contribution in [0.4, 0.5) is 11.4 Å². The Bertz CT molecular complexity index is 626. The van der Waals surface area contributed by atoms with Crippen molar-refractivity contribution in [2.45, 2.75) is 6.42 Å². The Balaban J connectivity index is 1.86. The van der Waals surface area contributed by atoms with Crippen LogP contribution >= 0.6 is 0 Å². The molecule has 4 heteroatoms. The second-order valence-corrected chi connectivity index (χ2v) is 4.75. The average Bonchev–Trinajstić information content (AvgIpc) is 2.48. The van der Waals surface area contributed by atoms with E-state index in [1.54, 1.807) is 11.0 Å². The van der Waals surface area contributed by atoms with Gasteiger partial charge >= 0.3 is 0 Å². The largest absolute Gasteiger partial charge is 0.487 e. The van der Waals surface area contributed by atoms with E-state index in [0.717, 1.165) is 11.3 Å². The van der Waals surface area contributed by atoms with Crippen LogP contribution < -0.4 is 15.4 Å². The highest BCUT2D eigenvalue weighted by Crippen LogP contribution is 2.36. The molecule has 20 heavy (non-hydrogen) atoms. The molecule has 1 amide bonds. The minimum absolute atomic E-state index is 0.0614. The maximum Gasteiger partial charge on any atom is 0.231 e. The molecule has 102 valence electrons. The van der Waals surface area contributed by atoms with E-state index in [2.05, 4.69) is 0 Å². The van der Waals surface area contributed by atoms with E-state index in [1.165, 1.54) is 0 Å². The molecule has 0 saturated heterocycles. The number of nitrogens with zero attached hydrogens (tertiary/aromatic N) is 1. The van der Waals surface area contributed by atoms with Crippen molar-refractivity contribution in [2.24, 2.45) is 0 Å². The number of benzene rings is 2. The third kappa shape index (κ3) is 2.32. The Labute approximate surface area is 117 Å². The van der Waals surface area contributed by atoms with Crippen molar-refractivity contribution in [1.82, 2.24) is 0 Å². The fourth-order valence-corrected chi connectivity index (χ4v) is 2.40. The Morgan fingerprint density at radius 3 is 2.75 bits per heavy atom. The van der Waals surface area contributed by atoms with E-state index in [0.29, 0.717) is 31.0 Å². The summed E-state index contributed by atoms with van der Waals surface area (Å²) in [6, 6.07) is 15.2. The number of ether oxygens (including phenoxy) is 1. The molecule has 0 atom stereocenters. The third-order valence-electron chi connectivity index (χ3n) is 3.38. The van der Waals surface area contributed by atoms with Crippen molar-refractivity contribution in [1.29, 1.82) is 0 Å². The van der Waals surface area contributed by atoms with Crippen molar-refractivity contribution >= 4 is 17.3 Å². The topological polar surface area (TPSA) is 55.6 Å². The molecule has 3 rings (SSSR count). The summed E-state index contributed by atoms with van der Waals surface area (Å²) in [7, 11) is 0. The predicted molar refractivity (Wildman–Crippen MR) is 78.8 cm³/mol. The van der Waals surface area contributed by atoms with Crippen LogP contribution in [0.3, 0.4) is 0 Å². The summed E-state index contributed by atoms with van der Waals surface area (Å²) in [5.41, 5.74) is 8.23. The molecule has 2 N–H and O–H groups in total. The molecule has 0 unspecified atom stereocenters. The molecule has 0 bridgehead atoms. The summed E-state index contributed by atoms with van der Waals surface area (Å²) in [6.45, 7) is 1.03. The Morgan fingerprint density at radius 1 is 1.15 bits per heavy atom. The van der Waals surface area contributed by atoms with Crippen molar-refractivity contribution < 1.29 is 9.53 Å². The molecular formula is C16H16N2O2. The lowest BCUT2D eigenvalue weighted by atomic mass is 10.1. The Hall–Kier alpha value is -2.49. The smallest absolute Gasteiger partial charge is 0.231 e. The van der Waals surface area contributed by atoms with Gasteiger partial charge < -0.3 is 15.4 Å². The molecule has 2 aromatic rings. The van der Waals surface area contributed by atoms with Gasteiger partial charge in [0.2, 0.25) is 5.91 Å². The monoisotopic (exact) mass is 268 g/mol. The molecule has 4 nitrogen and oxygen atoms in total. The van der Waals surface area contributed by atoms with Crippen LogP contribution in [0.2, 0.25) is 0 Å². The first-order chi connectivity index (χ1) is 9.75. The number of nitrogen functional groups attached to an aromatic ring is 1. The van der Waals surface area contributed by atoms with Gasteiger partial charge in [0.05, 0.1) is 24.3 Å². The number of fused-ring (bicyclic) bond motifs is 1. The zero-order valence-corrected chi connectivity index (χ0v) is 11.1. The molecular weight excluding hydrogens is 252 g/mol. The predicted octanol–water partition coefficient (Wildman–Crippen LogP) is 2.24. The number of hydrogen-bond acceptors (Lipinski definition) is 3. The van der Waals surface area contributed by atoms with Crippen LogP contribution in [0.25, 0.3) is 0 Å². The Kier molecular flexibility index (Phi) is 3.29. The van der Waals surface area contributed by atoms with Gasteiger partial charge in [-0.2, -0.15) is 0 Å². The van der Waals surface area contributed by atoms with E-state index in [-0.39, 0.29) is 5.91 Å². The zero-order valence-electron chi connectivity index (χ0n) is 11.1. The first-order valence-corrected chi connectivity index (χ1v) is 6.61. The first-order valence-electron chi connectivity index (χ1n) is 6.61. The van der Waals surface area contributed by atoms with Gasteiger partial charge in [0.1, 0.15) is 6.61 Å². The van der Waals surface area contributed by atoms with Gasteiger partial charge in [-0.05, 0) is 17.7 Å². The van der Waals surface area contributed by atoms with Gasteiger partial charge in [-0.3, -0.25) is 4.79 Å². The quantitative estimate of drug-likeness (QED) is 0.850. The number of para-hydroxylation sites is 1. The summed E-state index contributed by atoms with van der Waals surface area (Å²) < 4.78 is 5.57. The van der Waals surface area contributed by atoms with Crippen LogP contribution in [-0.2, 0) is 11.2 Å². The minimum Gasteiger partial charge on any atom is -0.487 e. The molecule has 0 spiro atoms. The van der Waals surface area contributed by atoms with Crippen molar-refractivity contribution in [3.8, 4) is 5.75 Å². The Morgan fingerprint density at radius 2 is 1.95 bits per heavy atom. The third-order valence-corrected chi connectivity index (χ3v) is 3.38. The molecule has 0 radical (unpaired) electrons. The van der Waals surface area contributed by atoms with Crippen LogP contribution in [0.5, 0.6) is 5.75 Å². The van der Waals surface area contributed by atoms with Crippen molar-refractivity contribution in [2.75, 3.05) is 23.8 Å². The van der Waals surface area contributed by atoms with Gasteiger partial charge in [-0.25, -0.2) is 0 Å². The van der Waals surface area contributed by atoms with Crippen LogP contribution in [-0.4, -0.2) is 19.1 Å². The number of hydrogen-bond donors (Lipinski definition) is 1. The number of nitrogens with two attached hydrogens (primary N) is 1. The number of rotatable bonds is 2. The molecule has 1 aliphatic rings. The van der Waals surface area contributed by atoms with Gasteiger partial charge in [0.15, 0.2) is 5.75 Å². The molecule has 0 fully saturated rings. The van der Waals surface area contributed by atoms with Crippen LogP contribution in [0.1, 0.15) is 5.56 Å². The molecule has 0 aliphatic carbocycles. The lowest BCUT2D eigenvalue weighted by Crippen LogP contribution is -2.39. The molecule has 1 aliphatic heterocycles. The van der Waals surface area contributed by atoms with Crippen molar-refractivity contribution in [3.63, 3.8) is 0 Å². The number of carbonyl (C=O) groups excluding carboxylic acids is 1. The normalized spacial score (nSPS) is 13.5. The zero-order chi connectivity index (χ0) is 13.9. The molecule has 0 saturated carbocycles. The fourth-order valence-electron chi connectivity index (χ4n) is 2.40. The molecule has 2 aromatic carbocycles. The van der Waals surface area contributed by atoms with E-state index < -0.39 is 0 Å². The van der Waals surface area contributed by atoms with Gasteiger partial charge in [0.25, 0.3) is 0 Å². The van der Waals surface area contributed by atoms with Crippen LogP contribution in [0, 0.1) is 0 Å². The SMILES string of the molecule is Nc1cccc2c1OCCN2C(=O)Cc1ccccc1. The lowest BCUT2D eigenvalue weighted by molar-refractivity contribution is -0.118. The summed E-state index contributed by atoms with van der Waals surface area (Å²) in [6.07, 6.45) is 0.384. The molecule has 1 heterocycles. The highest BCUT2D eigenvalue weighted by atomic mass is 16.5. The number of carbonyl (C=O) groups is 1. The van der Waals surface area contributed by atoms with Crippen LogP contribution in [0.15, 0.2) is 48.5 Å². The number of anilines is 2. The summed E-state index contributed by atoms with van der Waals surface area (Å²) in [4.78, 5) is 14.2. The maximum atomic E-state index is 12.5. The van der Waals surface area contributed by atoms with Gasteiger partial charge in [-0.15, -0.1) is 0 Å². The highest BCUT2D eigenvalue weighted by Gasteiger charge is 2.24. The van der Waals surface area contributed by atoms with E-state index >= 15 is 0 Å². The summed E-state index contributed by atoms with van der Waals surface area (Å²) in [5.74, 6) is 0.673. The summed E-state index contributed by atoms with van der Waals surface area (Å²) >= 11 is 0. The fraction of sp³-hybridized carbons (Fsp3) is 0.188. The standard InChI is InChI=1S/C16H16N2O2/c17-13-7-4-8-14-16(13)20-10-9-18(14)15(19)11-12-5-2-1-3-6-12/h1-8H,9-11,17H2. The average molecular weight is 268 g/mol. The highest BCUT2D eigenvalue weighted by molar-refractivity contribution is 5.97. The first kappa shape index (κ1) is 12.5. The van der Waals surface area contributed by atoms with Gasteiger partial charge in [-0.1, -0.05) is 36.4 Å². The van der Waals surface area contributed by atoms with E-state index in [1.807, 2.05) is 42.5 Å². The van der Waals surface area contributed by atoms with E-state index in [9.17, 15) is 4.79 Å². The summed E-state index contributed by atoms with van der Waals surface area (Å²) in [5, 5.41) is 0.